The molecule has 0 aliphatic rings. The molecule has 0 atom stereocenters. The average molecular weight is 214 g/mol. The molecule has 0 bridgehead atoms. The zero-order valence-electron chi connectivity index (χ0n) is 7.04. The predicted octanol–water partition coefficient (Wildman–Crippen LogP) is 1.73. The Morgan fingerprint density at radius 2 is 0.923 bits per heavy atom. The Balaban J connectivity index is 0.000000174. The molecular formula is C8H11BO2S2. The van der Waals surface area contributed by atoms with E-state index in [1.807, 2.05) is 45.8 Å². The zero-order chi connectivity index (χ0) is 9.78. The lowest BCUT2D eigenvalue weighted by atomic mass is 10.5. The van der Waals surface area contributed by atoms with Crippen molar-refractivity contribution in [3.63, 3.8) is 0 Å². The quantitative estimate of drug-likeness (QED) is 0.655. The smallest absolute Gasteiger partial charge is 0.430 e. The van der Waals surface area contributed by atoms with Gasteiger partial charge in [-0.05, 0) is 21.5 Å². The largest absolute Gasteiger partial charge is 0.432 e. The summed E-state index contributed by atoms with van der Waals surface area (Å²) in [6.45, 7) is 0. The number of hydrogen-bond donors (Lipinski definition) is 2. The zero-order valence-corrected chi connectivity index (χ0v) is 8.67. The van der Waals surface area contributed by atoms with Crippen LogP contribution in [0.3, 0.4) is 0 Å². The summed E-state index contributed by atoms with van der Waals surface area (Å²) in [6.07, 6.45) is 0. The second-order valence-corrected chi connectivity index (χ2v) is 3.36. The van der Waals surface area contributed by atoms with Crippen molar-refractivity contribution in [3.8, 4) is 0 Å². The first-order valence-corrected chi connectivity index (χ1v) is 5.46. The predicted molar refractivity (Wildman–Crippen MR) is 60.2 cm³/mol. The molecule has 0 saturated heterocycles. The van der Waals surface area contributed by atoms with Crippen LogP contribution >= 0.6 is 22.7 Å². The molecule has 0 unspecified atom stereocenters. The minimum absolute atomic E-state index is 0.750. The lowest BCUT2D eigenvalue weighted by molar-refractivity contribution is 0.448. The number of rotatable bonds is 0. The van der Waals surface area contributed by atoms with Crippen molar-refractivity contribution < 1.29 is 10.0 Å². The molecule has 2 rings (SSSR count). The van der Waals surface area contributed by atoms with Crippen molar-refractivity contribution in [3.05, 3.63) is 45.8 Å². The van der Waals surface area contributed by atoms with Gasteiger partial charge in [0, 0.05) is 0 Å². The monoisotopic (exact) mass is 214 g/mol. The minimum atomic E-state index is -0.750. The van der Waals surface area contributed by atoms with Crippen LogP contribution in [0.25, 0.3) is 0 Å². The summed E-state index contributed by atoms with van der Waals surface area (Å²) in [6, 6.07) is 8.07. The topological polar surface area (TPSA) is 40.5 Å². The molecule has 0 amide bonds. The average Bonchev–Trinajstić information content (AvgIpc) is 2.85. The van der Waals surface area contributed by atoms with Crippen molar-refractivity contribution in [2.75, 3.05) is 0 Å². The highest BCUT2D eigenvalue weighted by Gasteiger charge is 1.59. The van der Waals surface area contributed by atoms with Crippen molar-refractivity contribution in [2.45, 2.75) is 0 Å². The summed E-state index contributed by atoms with van der Waals surface area (Å²) < 4.78 is 0. The molecule has 5 heteroatoms. The molecule has 2 heterocycles. The Labute approximate surface area is 86.4 Å². The first-order valence-electron chi connectivity index (χ1n) is 3.58. The minimum Gasteiger partial charge on any atom is -0.430 e. The highest BCUT2D eigenvalue weighted by molar-refractivity contribution is 7.08. The van der Waals surface area contributed by atoms with Crippen LogP contribution in [0.1, 0.15) is 0 Å². The van der Waals surface area contributed by atoms with Gasteiger partial charge >= 0.3 is 7.69 Å². The SMILES string of the molecule is OBO.c1ccsc1.c1ccsc1. The van der Waals surface area contributed by atoms with E-state index in [1.165, 1.54) is 0 Å². The fourth-order valence-corrected chi connectivity index (χ4v) is 1.36. The normalized spacial score (nSPS) is 7.23. The van der Waals surface area contributed by atoms with E-state index in [0.29, 0.717) is 0 Å². The van der Waals surface area contributed by atoms with Crippen LogP contribution in [0.15, 0.2) is 45.8 Å². The molecule has 0 aromatic carbocycles. The molecule has 2 aromatic rings. The summed E-state index contributed by atoms with van der Waals surface area (Å²) in [4.78, 5) is 0. The Morgan fingerprint density at radius 1 is 0.692 bits per heavy atom. The Hall–Kier alpha value is -0.615. The van der Waals surface area contributed by atoms with Gasteiger partial charge in [0.05, 0.1) is 0 Å². The molecule has 0 saturated carbocycles. The van der Waals surface area contributed by atoms with Gasteiger partial charge in [0.15, 0.2) is 0 Å². The lowest BCUT2D eigenvalue weighted by Gasteiger charge is -1.48. The second kappa shape index (κ2) is 11.4. The van der Waals surface area contributed by atoms with Crippen LogP contribution in [-0.2, 0) is 0 Å². The van der Waals surface area contributed by atoms with Gasteiger partial charge in [-0.25, -0.2) is 0 Å². The summed E-state index contributed by atoms with van der Waals surface area (Å²) in [5.74, 6) is 0. The standard InChI is InChI=1S/2C4H4S.BH3O2/c2*1-2-4-5-3-1;2-1-3/h2*1-4H;1-3H. The maximum absolute atomic E-state index is 7.12. The van der Waals surface area contributed by atoms with Crippen molar-refractivity contribution in [1.29, 1.82) is 0 Å². The van der Waals surface area contributed by atoms with Gasteiger partial charge in [-0.3, -0.25) is 0 Å². The van der Waals surface area contributed by atoms with E-state index < -0.39 is 7.69 Å². The molecule has 0 aliphatic heterocycles. The van der Waals surface area contributed by atoms with Crippen LogP contribution in [0.5, 0.6) is 0 Å². The van der Waals surface area contributed by atoms with E-state index >= 15 is 0 Å². The van der Waals surface area contributed by atoms with Gasteiger partial charge < -0.3 is 10.0 Å². The Bertz CT molecular complexity index is 172. The lowest BCUT2D eigenvalue weighted by Crippen LogP contribution is -1.75. The van der Waals surface area contributed by atoms with E-state index in [2.05, 4.69) is 0 Å². The van der Waals surface area contributed by atoms with Crippen LogP contribution in [0.4, 0.5) is 0 Å². The fourth-order valence-electron chi connectivity index (χ4n) is 0.454. The first kappa shape index (κ1) is 12.4. The highest BCUT2D eigenvalue weighted by atomic mass is 32.1. The second-order valence-electron chi connectivity index (χ2n) is 1.73. The fraction of sp³-hybridized carbons (Fsp3) is 0. The van der Waals surface area contributed by atoms with Gasteiger partial charge in [0.1, 0.15) is 0 Å². The first-order chi connectivity index (χ1) is 6.41. The maximum Gasteiger partial charge on any atom is 0.432 e. The van der Waals surface area contributed by atoms with Crippen molar-refractivity contribution in [1.82, 2.24) is 0 Å². The summed E-state index contributed by atoms with van der Waals surface area (Å²) >= 11 is 3.43. The summed E-state index contributed by atoms with van der Waals surface area (Å²) in [5, 5.41) is 22.4. The highest BCUT2D eigenvalue weighted by Crippen LogP contribution is 1.92. The van der Waals surface area contributed by atoms with Gasteiger partial charge in [-0.1, -0.05) is 24.3 Å². The van der Waals surface area contributed by atoms with Crippen molar-refractivity contribution >= 4 is 30.4 Å². The van der Waals surface area contributed by atoms with Gasteiger partial charge in [-0.2, -0.15) is 22.7 Å². The third kappa shape index (κ3) is 11.4. The molecular weight excluding hydrogens is 203 g/mol. The molecule has 2 nitrogen and oxygen atoms in total. The molecule has 0 aliphatic carbocycles. The van der Waals surface area contributed by atoms with Gasteiger partial charge in [-0.15, -0.1) is 0 Å². The van der Waals surface area contributed by atoms with Gasteiger partial charge in [0.25, 0.3) is 0 Å². The van der Waals surface area contributed by atoms with Gasteiger partial charge in [0.2, 0.25) is 0 Å². The third-order valence-corrected chi connectivity index (χ3v) is 2.11. The summed E-state index contributed by atoms with van der Waals surface area (Å²) in [7, 11) is -0.750. The Morgan fingerprint density at radius 3 is 1.00 bits per heavy atom. The Kier molecular flexibility index (Phi) is 10.8. The van der Waals surface area contributed by atoms with Crippen LogP contribution in [0, 0.1) is 0 Å². The molecule has 0 fully saturated rings. The molecule has 70 valence electrons. The third-order valence-electron chi connectivity index (χ3n) is 0.851. The van der Waals surface area contributed by atoms with E-state index in [4.69, 9.17) is 10.0 Å². The van der Waals surface area contributed by atoms with Crippen LogP contribution in [0.2, 0.25) is 0 Å². The van der Waals surface area contributed by atoms with E-state index in [9.17, 15) is 0 Å². The molecule has 2 aromatic heterocycles. The van der Waals surface area contributed by atoms with E-state index in [1.54, 1.807) is 22.7 Å². The van der Waals surface area contributed by atoms with Crippen LogP contribution < -0.4 is 0 Å². The maximum atomic E-state index is 7.12. The molecule has 13 heavy (non-hydrogen) atoms. The van der Waals surface area contributed by atoms with E-state index in [-0.39, 0.29) is 0 Å². The summed E-state index contributed by atoms with van der Waals surface area (Å²) in [5.41, 5.74) is 0. The van der Waals surface area contributed by atoms with Crippen molar-refractivity contribution in [2.24, 2.45) is 0 Å². The molecule has 0 radical (unpaired) electrons. The van der Waals surface area contributed by atoms with Crippen LogP contribution in [-0.4, -0.2) is 17.7 Å². The van der Waals surface area contributed by atoms with E-state index in [0.717, 1.165) is 0 Å². The molecule has 0 spiro atoms. The molecule has 2 N–H and O–H groups in total. The number of thiophene rings is 2. The number of hydrogen-bond acceptors (Lipinski definition) is 4.